The number of aliphatic carboxylic acids is 2. The summed E-state index contributed by atoms with van der Waals surface area (Å²) in [6, 6.07) is 0. The number of nitrogens with one attached hydrogen (secondary N) is 2. The minimum absolute atomic E-state index is 0.00862. The predicted molar refractivity (Wildman–Crippen MR) is 116 cm³/mol. The fourth-order valence-corrected chi connectivity index (χ4v) is 2.67. The minimum Gasteiger partial charge on any atom is -0.497 e. The lowest BCUT2D eigenvalue weighted by atomic mass is 9.82. The van der Waals surface area contributed by atoms with Gasteiger partial charge in [-0.15, -0.1) is 0 Å². The molecule has 0 aliphatic rings. The van der Waals surface area contributed by atoms with Gasteiger partial charge in [0.1, 0.15) is 26.4 Å². The third-order valence-electron chi connectivity index (χ3n) is 4.00. The maximum Gasteiger partial charge on any atom is 0.407 e. The second-order valence-corrected chi connectivity index (χ2v) is 7.84. The third kappa shape index (κ3) is 20.2. The fourth-order valence-electron chi connectivity index (χ4n) is 2.67. The highest BCUT2D eigenvalue weighted by Gasteiger charge is 2.22. The monoisotopic (exact) mass is 474 g/mol. The summed E-state index contributed by atoms with van der Waals surface area (Å²) in [4.78, 5) is 43.8. The van der Waals surface area contributed by atoms with Crippen molar-refractivity contribution in [3.63, 3.8) is 0 Å². The smallest absolute Gasteiger partial charge is 0.407 e. The fraction of sp³-hybridized carbons (Fsp3) is 0.619. The molecule has 12 heteroatoms. The number of carboxylic acids is 2. The summed E-state index contributed by atoms with van der Waals surface area (Å²) in [6.07, 6.45) is 4.02. The van der Waals surface area contributed by atoms with Crippen molar-refractivity contribution in [2.75, 3.05) is 39.5 Å². The molecule has 12 nitrogen and oxygen atoms in total. The maximum absolute atomic E-state index is 11.7. The highest BCUT2D eigenvalue weighted by Crippen LogP contribution is 2.26. The maximum atomic E-state index is 11.7. The van der Waals surface area contributed by atoms with Gasteiger partial charge in [0.15, 0.2) is 0 Å². The molecule has 0 saturated heterocycles. The summed E-state index contributed by atoms with van der Waals surface area (Å²) in [7, 11) is 0. The number of hydrogen-bond donors (Lipinski definition) is 4. The number of hydrogen-bond acceptors (Lipinski definition) is 8. The summed E-state index contributed by atoms with van der Waals surface area (Å²) >= 11 is 0. The largest absolute Gasteiger partial charge is 0.497 e. The normalized spacial score (nSPS) is 12.2. The van der Waals surface area contributed by atoms with E-state index in [1.165, 1.54) is 0 Å². The Labute approximate surface area is 192 Å². The Morgan fingerprint density at radius 3 is 1.82 bits per heavy atom. The van der Waals surface area contributed by atoms with Gasteiger partial charge in [0.05, 0.1) is 24.7 Å². The first-order valence-corrected chi connectivity index (χ1v) is 10.4. The lowest BCUT2D eigenvalue weighted by Crippen LogP contribution is -2.36. The van der Waals surface area contributed by atoms with Crippen LogP contribution < -0.4 is 10.6 Å². The van der Waals surface area contributed by atoms with Crippen molar-refractivity contribution in [2.24, 2.45) is 11.3 Å². The molecule has 0 aromatic heterocycles. The van der Waals surface area contributed by atoms with Crippen molar-refractivity contribution in [3.05, 3.63) is 24.7 Å². The molecule has 0 radical (unpaired) electrons. The summed E-state index contributed by atoms with van der Waals surface area (Å²) in [5.41, 5.74) is -0.208. The summed E-state index contributed by atoms with van der Waals surface area (Å²) in [5, 5.41) is 22.1. The van der Waals surface area contributed by atoms with E-state index in [0.29, 0.717) is 19.5 Å². The van der Waals surface area contributed by atoms with Gasteiger partial charge >= 0.3 is 24.1 Å². The number of rotatable bonds is 17. The quantitative estimate of drug-likeness (QED) is 0.139. The van der Waals surface area contributed by atoms with Crippen LogP contribution in [-0.2, 0) is 28.5 Å². The predicted octanol–water partition coefficient (Wildman–Crippen LogP) is 2.11. The van der Waals surface area contributed by atoms with Crippen LogP contribution in [0.4, 0.5) is 9.59 Å². The Morgan fingerprint density at radius 1 is 0.848 bits per heavy atom. The third-order valence-corrected chi connectivity index (χ3v) is 4.00. The van der Waals surface area contributed by atoms with E-state index in [0.717, 1.165) is 31.1 Å². The Hall–Kier alpha value is -3.44. The zero-order valence-electron chi connectivity index (χ0n) is 19.2. The molecule has 0 spiro atoms. The molecule has 0 saturated carbocycles. The van der Waals surface area contributed by atoms with E-state index in [-0.39, 0.29) is 37.8 Å². The molecule has 4 N–H and O–H groups in total. The Kier molecular flexibility index (Phi) is 15.4. The van der Waals surface area contributed by atoms with Gasteiger partial charge in [-0.3, -0.25) is 0 Å². The highest BCUT2D eigenvalue weighted by molar-refractivity contribution is 5.79. The molecule has 33 heavy (non-hydrogen) atoms. The summed E-state index contributed by atoms with van der Waals surface area (Å²) in [5.74, 6) is -2.00. The van der Waals surface area contributed by atoms with Crippen LogP contribution in [-0.4, -0.2) is 73.9 Å². The molecule has 2 amide bonds. The number of alkyl carbamates (subject to hydrolysis) is 2. The first-order chi connectivity index (χ1) is 15.5. The van der Waals surface area contributed by atoms with Gasteiger partial charge in [-0.25, -0.2) is 19.2 Å². The van der Waals surface area contributed by atoms with E-state index in [2.05, 4.69) is 10.6 Å². The van der Waals surface area contributed by atoms with E-state index in [1.807, 2.05) is 20.8 Å². The number of carboxylic acid groups (broad SMARTS) is 2. The number of carbonyl (C=O) groups excluding carboxylic acids is 2. The summed E-state index contributed by atoms with van der Waals surface area (Å²) < 4.78 is 19.6. The van der Waals surface area contributed by atoms with E-state index >= 15 is 0 Å². The van der Waals surface area contributed by atoms with Gasteiger partial charge in [-0.2, -0.15) is 0 Å². The second kappa shape index (κ2) is 17.2. The Morgan fingerprint density at radius 2 is 1.33 bits per heavy atom. The van der Waals surface area contributed by atoms with Crippen LogP contribution in [0.1, 0.15) is 33.6 Å². The van der Waals surface area contributed by atoms with E-state index < -0.39 is 24.1 Å². The molecule has 1 atom stereocenters. The highest BCUT2D eigenvalue weighted by atomic mass is 16.6. The summed E-state index contributed by atoms with van der Waals surface area (Å²) in [6.45, 7) is 6.92. The molecular weight excluding hydrogens is 440 g/mol. The molecule has 0 aromatic carbocycles. The average molecular weight is 475 g/mol. The first-order valence-electron chi connectivity index (χ1n) is 10.4. The second-order valence-electron chi connectivity index (χ2n) is 7.84. The molecule has 0 rings (SSSR count). The zero-order chi connectivity index (χ0) is 25.1. The van der Waals surface area contributed by atoms with Gasteiger partial charge in [-0.1, -0.05) is 20.8 Å². The van der Waals surface area contributed by atoms with Crippen molar-refractivity contribution >= 4 is 24.1 Å². The molecular formula is C21H34N2O10. The lowest BCUT2D eigenvalue weighted by molar-refractivity contribution is -0.132. The van der Waals surface area contributed by atoms with Crippen LogP contribution >= 0.6 is 0 Å². The first kappa shape index (κ1) is 29.6. The average Bonchev–Trinajstić information content (AvgIpc) is 2.71. The molecule has 188 valence electrons. The SMILES string of the molecule is CC(CCNC(=O)OCCOC=CC(=O)O)CC(C)(C)CNC(=O)OCCOC=CC(=O)O. The topological polar surface area (TPSA) is 170 Å². The zero-order valence-corrected chi connectivity index (χ0v) is 19.2. The molecule has 0 aliphatic carbocycles. The van der Waals surface area contributed by atoms with Gasteiger partial charge in [0, 0.05) is 13.1 Å². The van der Waals surface area contributed by atoms with Crippen LogP contribution in [0.5, 0.6) is 0 Å². The molecule has 0 aromatic rings. The van der Waals surface area contributed by atoms with Crippen LogP contribution in [0.3, 0.4) is 0 Å². The van der Waals surface area contributed by atoms with Crippen molar-refractivity contribution in [1.29, 1.82) is 0 Å². The number of carbonyl (C=O) groups is 4. The van der Waals surface area contributed by atoms with Crippen molar-refractivity contribution in [1.82, 2.24) is 10.6 Å². The molecule has 0 fully saturated rings. The van der Waals surface area contributed by atoms with Gasteiger partial charge in [-0.05, 0) is 24.2 Å². The van der Waals surface area contributed by atoms with Crippen LogP contribution in [0.2, 0.25) is 0 Å². The van der Waals surface area contributed by atoms with Crippen LogP contribution in [0, 0.1) is 11.3 Å². The van der Waals surface area contributed by atoms with Gasteiger partial charge in [0.25, 0.3) is 0 Å². The number of amides is 2. The van der Waals surface area contributed by atoms with E-state index in [9.17, 15) is 19.2 Å². The molecule has 0 heterocycles. The Balaban J connectivity index is 3.90. The van der Waals surface area contributed by atoms with Crippen LogP contribution in [0.15, 0.2) is 24.7 Å². The Bertz CT molecular complexity index is 676. The van der Waals surface area contributed by atoms with Crippen molar-refractivity contribution < 1.29 is 48.3 Å². The molecule has 0 aliphatic heterocycles. The van der Waals surface area contributed by atoms with Gasteiger partial charge in [0.2, 0.25) is 0 Å². The van der Waals surface area contributed by atoms with E-state index in [4.69, 9.17) is 29.2 Å². The number of ether oxygens (including phenoxy) is 4. The molecule has 0 bridgehead atoms. The minimum atomic E-state index is -1.13. The van der Waals surface area contributed by atoms with Gasteiger partial charge < -0.3 is 39.8 Å². The van der Waals surface area contributed by atoms with Crippen molar-refractivity contribution in [2.45, 2.75) is 33.6 Å². The lowest BCUT2D eigenvalue weighted by Gasteiger charge is -2.28. The molecule has 1 unspecified atom stereocenters. The van der Waals surface area contributed by atoms with Crippen LogP contribution in [0.25, 0.3) is 0 Å². The standard InChI is InChI=1S/C21H34N2O10/c1-16(4-7-22-19(28)32-12-10-30-8-5-17(24)25)14-21(2,3)15-23-20(29)33-13-11-31-9-6-18(26)27/h5-6,8-9,16H,4,7,10-15H2,1-3H3,(H,22,28)(H,23,29)(H,24,25)(H,26,27). The van der Waals surface area contributed by atoms with E-state index in [1.54, 1.807) is 0 Å². The van der Waals surface area contributed by atoms with Crippen molar-refractivity contribution in [3.8, 4) is 0 Å².